The quantitative estimate of drug-likeness (QED) is 0.263. The van der Waals surface area contributed by atoms with Crippen LogP contribution in [0.5, 0.6) is 0 Å². The number of aliphatic hydroxyl groups is 1. The number of aliphatic hydroxyl groups excluding tert-OH is 1. The summed E-state index contributed by atoms with van der Waals surface area (Å²) in [5.41, 5.74) is 4.13. The monoisotopic (exact) mass is 459 g/mol. The van der Waals surface area contributed by atoms with Crippen LogP contribution in [0.25, 0.3) is 0 Å². The molecule has 2 aromatic rings. The minimum absolute atomic E-state index is 0.0239. The van der Waals surface area contributed by atoms with E-state index >= 15 is 0 Å². The van der Waals surface area contributed by atoms with E-state index < -0.39 is 35.8 Å². The van der Waals surface area contributed by atoms with Crippen LogP contribution in [-0.4, -0.2) is 59.6 Å². The molecule has 1 aliphatic rings. The average molecular weight is 460 g/mol. The summed E-state index contributed by atoms with van der Waals surface area (Å²) >= 11 is 1.46. The Balaban J connectivity index is 1.78. The van der Waals surface area contributed by atoms with Crippen LogP contribution in [0.4, 0.5) is 0 Å². The van der Waals surface area contributed by atoms with Gasteiger partial charge in [-0.2, -0.15) is 11.3 Å². The van der Waals surface area contributed by atoms with E-state index in [9.17, 15) is 19.2 Å². The summed E-state index contributed by atoms with van der Waals surface area (Å²) in [6.45, 7) is -0.0239. The third-order valence-corrected chi connectivity index (χ3v) is 5.85. The van der Waals surface area contributed by atoms with Gasteiger partial charge in [-0.1, -0.05) is 12.1 Å². The van der Waals surface area contributed by atoms with Crippen LogP contribution in [0.1, 0.15) is 45.5 Å². The number of esters is 1. The van der Waals surface area contributed by atoms with E-state index in [1.165, 1.54) is 18.4 Å². The Bertz CT molecular complexity index is 943. The molecule has 0 spiro atoms. The molecule has 0 fully saturated rings. The number of hydrogen-bond acceptors (Lipinski definition) is 8. The first kappa shape index (κ1) is 23.6. The van der Waals surface area contributed by atoms with Gasteiger partial charge in [-0.05, 0) is 60.2 Å². The third-order valence-electron chi connectivity index (χ3n) is 5.12. The highest BCUT2D eigenvalue weighted by atomic mass is 32.1. The number of thiophene rings is 1. The number of amides is 3. The van der Waals surface area contributed by atoms with E-state index in [1.54, 1.807) is 24.3 Å². The Morgan fingerprint density at radius 1 is 1.09 bits per heavy atom. The second kappa shape index (κ2) is 11.0. The molecule has 10 heteroatoms. The van der Waals surface area contributed by atoms with Gasteiger partial charge in [0.05, 0.1) is 18.2 Å². The van der Waals surface area contributed by atoms with Gasteiger partial charge in [-0.15, -0.1) is 0 Å². The number of benzene rings is 1. The second-order valence-electron chi connectivity index (χ2n) is 7.31. The van der Waals surface area contributed by atoms with Crippen molar-refractivity contribution in [3.8, 4) is 0 Å². The zero-order chi connectivity index (χ0) is 23.1. The minimum atomic E-state index is -0.989. The lowest BCUT2D eigenvalue weighted by Gasteiger charge is -2.25. The summed E-state index contributed by atoms with van der Waals surface area (Å²) in [6, 6.07) is 6.38. The molecular weight excluding hydrogens is 434 g/mol. The Morgan fingerprint density at radius 3 is 2.34 bits per heavy atom. The highest BCUT2D eigenvalue weighted by Crippen LogP contribution is 2.21. The lowest BCUT2D eigenvalue weighted by atomic mass is 10.1. The standard InChI is InChI=1S/C22H25N3O6S/c1-31-22(30)17(8-4-5-10-26)23-19(27)18(12-14-9-11-32-13-14)24-25-20(28)15-6-2-3-7-16(15)21(25)29/h2-3,6-7,9,11,13,17-18,24,26H,4-5,8,10,12H2,1H3,(H,23,27)/t17-,18-/m0/s1. The smallest absolute Gasteiger partial charge is 0.328 e. The van der Waals surface area contributed by atoms with Crippen LogP contribution in [0.3, 0.4) is 0 Å². The number of hydrogen-bond donors (Lipinski definition) is 3. The van der Waals surface area contributed by atoms with Crippen LogP contribution >= 0.6 is 11.3 Å². The molecule has 0 saturated heterocycles. The fraction of sp³-hybridized carbons (Fsp3) is 0.364. The summed E-state index contributed by atoms with van der Waals surface area (Å²) in [7, 11) is 1.23. The number of fused-ring (bicyclic) bond motifs is 1. The van der Waals surface area contributed by atoms with E-state index in [4.69, 9.17) is 9.84 Å². The van der Waals surface area contributed by atoms with E-state index in [0.717, 1.165) is 10.6 Å². The van der Waals surface area contributed by atoms with Crippen LogP contribution in [0, 0.1) is 0 Å². The third kappa shape index (κ3) is 5.39. The summed E-state index contributed by atoms with van der Waals surface area (Å²) in [6.07, 6.45) is 1.48. The van der Waals surface area contributed by atoms with Crippen molar-refractivity contribution >= 4 is 35.0 Å². The van der Waals surface area contributed by atoms with Gasteiger partial charge >= 0.3 is 5.97 Å². The summed E-state index contributed by atoms with van der Waals surface area (Å²) in [5, 5.41) is 16.2. The molecule has 3 rings (SSSR count). The fourth-order valence-electron chi connectivity index (χ4n) is 3.43. The molecule has 9 nitrogen and oxygen atoms in total. The molecule has 32 heavy (non-hydrogen) atoms. The van der Waals surface area contributed by atoms with Gasteiger partial charge in [-0.25, -0.2) is 15.2 Å². The molecule has 2 heterocycles. The molecule has 3 N–H and O–H groups in total. The highest BCUT2D eigenvalue weighted by molar-refractivity contribution is 7.07. The van der Waals surface area contributed by atoms with E-state index in [2.05, 4.69) is 10.7 Å². The molecule has 1 aromatic heterocycles. The Hall–Kier alpha value is -3.08. The molecular formula is C22H25N3O6S. The van der Waals surface area contributed by atoms with Gasteiger partial charge in [0, 0.05) is 6.61 Å². The van der Waals surface area contributed by atoms with E-state index in [0.29, 0.717) is 12.8 Å². The zero-order valence-corrected chi connectivity index (χ0v) is 18.4. The van der Waals surface area contributed by atoms with Crippen molar-refractivity contribution in [2.24, 2.45) is 0 Å². The maximum atomic E-state index is 13.1. The van der Waals surface area contributed by atoms with Gasteiger partial charge in [0.1, 0.15) is 12.1 Å². The first-order valence-electron chi connectivity index (χ1n) is 10.2. The number of ether oxygens (including phenoxy) is 1. The number of methoxy groups -OCH3 is 1. The number of carbonyl (C=O) groups is 4. The highest BCUT2D eigenvalue weighted by Gasteiger charge is 2.38. The molecule has 0 radical (unpaired) electrons. The van der Waals surface area contributed by atoms with Crippen molar-refractivity contribution in [3.05, 3.63) is 57.8 Å². The molecule has 1 aromatic carbocycles. The number of hydrazine groups is 1. The Labute approximate surface area is 189 Å². The van der Waals surface area contributed by atoms with Crippen molar-refractivity contribution in [3.63, 3.8) is 0 Å². The van der Waals surface area contributed by atoms with Gasteiger partial charge in [0.25, 0.3) is 11.8 Å². The normalized spacial score (nSPS) is 14.8. The van der Waals surface area contributed by atoms with E-state index in [-0.39, 0.29) is 30.6 Å². The summed E-state index contributed by atoms with van der Waals surface area (Å²) in [5.74, 6) is -2.24. The molecule has 0 aliphatic carbocycles. The van der Waals surface area contributed by atoms with E-state index in [1.807, 2.05) is 16.8 Å². The van der Waals surface area contributed by atoms with Gasteiger partial charge < -0.3 is 15.2 Å². The van der Waals surface area contributed by atoms with Crippen molar-refractivity contribution in [2.45, 2.75) is 37.8 Å². The van der Waals surface area contributed by atoms with Gasteiger partial charge in [0.15, 0.2) is 0 Å². The average Bonchev–Trinajstić information content (AvgIpc) is 3.40. The first-order chi connectivity index (χ1) is 15.5. The number of nitrogens with one attached hydrogen (secondary N) is 2. The largest absolute Gasteiger partial charge is 0.467 e. The molecule has 3 amide bonds. The maximum Gasteiger partial charge on any atom is 0.328 e. The number of rotatable bonds is 11. The van der Waals surface area contributed by atoms with Crippen LogP contribution < -0.4 is 10.7 Å². The van der Waals surface area contributed by atoms with Crippen LogP contribution in [0.2, 0.25) is 0 Å². The van der Waals surface area contributed by atoms with Crippen molar-refractivity contribution in [1.29, 1.82) is 0 Å². The number of imide groups is 1. The predicted octanol–water partition coefficient (Wildman–Crippen LogP) is 1.28. The fourth-order valence-corrected chi connectivity index (χ4v) is 4.11. The van der Waals surface area contributed by atoms with Crippen molar-refractivity contribution < 1.29 is 29.0 Å². The molecule has 1 aliphatic heterocycles. The Morgan fingerprint density at radius 2 is 1.78 bits per heavy atom. The van der Waals surface area contributed by atoms with Gasteiger partial charge in [-0.3, -0.25) is 14.4 Å². The molecule has 2 atom stereocenters. The topological polar surface area (TPSA) is 125 Å². The van der Waals surface area contributed by atoms with Crippen LogP contribution in [0.15, 0.2) is 41.1 Å². The minimum Gasteiger partial charge on any atom is -0.467 e. The molecule has 0 bridgehead atoms. The Kier molecular flexibility index (Phi) is 8.09. The summed E-state index contributed by atoms with van der Waals surface area (Å²) in [4.78, 5) is 50.7. The molecule has 0 unspecified atom stereocenters. The summed E-state index contributed by atoms with van der Waals surface area (Å²) < 4.78 is 4.79. The maximum absolute atomic E-state index is 13.1. The first-order valence-corrected chi connectivity index (χ1v) is 11.1. The zero-order valence-electron chi connectivity index (χ0n) is 17.6. The van der Waals surface area contributed by atoms with Crippen LogP contribution in [-0.2, 0) is 20.7 Å². The second-order valence-corrected chi connectivity index (χ2v) is 8.09. The van der Waals surface area contributed by atoms with Gasteiger partial charge in [0.2, 0.25) is 5.91 Å². The SMILES string of the molecule is COC(=O)[C@H](CCCCO)NC(=O)[C@H](Cc1ccsc1)NN1C(=O)c2ccccc2C1=O. The predicted molar refractivity (Wildman–Crippen MR) is 117 cm³/mol. The van der Waals surface area contributed by atoms with Crippen molar-refractivity contribution in [2.75, 3.05) is 13.7 Å². The molecule has 0 saturated carbocycles. The van der Waals surface area contributed by atoms with Crippen molar-refractivity contribution in [1.82, 2.24) is 15.8 Å². The number of carbonyl (C=O) groups excluding carboxylic acids is 4. The molecule has 170 valence electrons. The number of unbranched alkanes of at least 4 members (excludes halogenated alkanes) is 1. The number of nitrogens with zero attached hydrogens (tertiary/aromatic N) is 1. The lowest BCUT2D eigenvalue weighted by Crippen LogP contribution is -2.57. The lowest BCUT2D eigenvalue weighted by molar-refractivity contribution is -0.145.